The van der Waals surface area contributed by atoms with E-state index in [1.807, 2.05) is 6.92 Å². The van der Waals surface area contributed by atoms with Crippen molar-refractivity contribution in [2.45, 2.75) is 38.3 Å². The molecule has 0 radical (unpaired) electrons. The van der Waals surface area contributed by atoms with Crippen LogP contribution in [0.5, 0.6) is 5.75 Å². The molecule has 1 aromatic rings. The Hall–Kier alpha value is -1.40. The molecule has 6 heteroatoms. The van der Waals surface area contributed by atoms with Crippen molar-refractivity contribution in [2.24, 2.45) is 0 Å². The predicted octanol–water partition coefficient (Wildman–Crippen LogP) is 1.68. The van der Waals surface area contributed by atoms with Gasteiger partial charge in [-0.25, -0.2) is 0 Å². The fourth-order valence-corrected chi connectivity index (χ4v) is 2.57. The molecule has 1 aliphatic rings. The fourth-order valence-electron chi connectivity index (χ4n) is 2.57. The summed E-state index contributed by atoms with van der Waals surface area (Å²) < 4.78 is 17.9. The second kappa shape index (κ2) is 6.37. The van der Waals surface area contributed by atoms with Crippen molar-refractivity contribution in [1.29, 1.82) is 0 Å². The fraction of sp³-hybridized carbons (Fsp3) is 0.714. The summed E-state index contributed by atoms with van der Waals surface area (Å²) in [6.45, 7) is 3.79. The molecular formula is C14H22N2O4. The minimum Gasteiger partial charge on any atom is -0.493 e. The van der Waals surface area contributed by atoms with E-state index in [9.17, 15) is 4.79 Å². The molecule has 1 aromatic heterocycles. The molecule has 0 aliphatic carbocycles. The first kappa shape index (κ1) is 15.0. The van der Waals surface area contributed by atoms with Crippen LogP contribution >= 0.6 is 0 Å². The molecule has 1 saturated heterocycles. The number of rotatable bonds is 6. The molecular weight excluding hydrogens is 260 g/mol. The molecule has 2 rings (SSSR count). The Morgan fingerprint density at radius 1 is 1.45 bits per heavy atom. The van der Waals surface area contributed by atoms with Crippen LogP contribution in [0.25, 0.3) is 0 Å². The van der Waals surface area contributed by atoms with Gasteiger partial charge >= 0.3 is 0 Å². The van der Waals surface area contributed by atoms with Crippen molar-refractivity contribution in [3.63, 3.8) is 0 Å². The number of hydrogen-bond donors (Lipinski definition) is 0. The lowest BCUT2D eigenvalue weighted by atomic mass is 9.87. The third-order valence-electron chi connectivity index (χ3n) is 3.78. The number of carbonyl (C=O) groups excluding carboxylic acids is 1. The van der Waals surface area contributed by atoms with Gasteiger partial charge in [0.2, 0.25) is 5.78 Å². The molecule has 2 heterocycles. The Kier molecular flexibility index (Phi) is 4.77. The summed E-state index contributed by atoms with van der Waals surface area (Å²) in [6.07, 6.45) is 3.60. The first-order chi connectivity index (χ1) is 9.68. The van der Waals surface area contributed by atoms with Crippen LogP contribution in [0.2, 0.25) is 0 Å². The standard InChI is InChI=1S/C14H22N2O4/c1-4-7-16-12(11(18-2)10-15-16)13(17)14(19-3)5-8-20-9-6-14/h10H,4-9H2,1-3H3. The lowest BCUT2D eigenvalue weighted by Gasteiger charge is -2.34. The highest BCUT2D eigenvalue weighted by molar-refractivity contribution is 6.03. The van der Waals surface area contributed by atoms with E-state index in [-0.39, 0.29) is 5.78 Å². The van der Waals surface area contributed by atoms with Gasteiger partial charge in [0, 0.05) is 39.7 Å². The number of Topliss-reactive ketones (excluding diaryl/α,β-unsaturated/α-hetero) is 1. The highest BCUT2D eigenvalue weighted by Crippen LogP contribution is 2.32. The molecule has 112 valence electrons. The van der Waals surface area contributed by atoms with Crippen LogP contribution in [-0.4, -0.2) is 48.6 Å². The molecule has 20 heavy (non-hydrogen) atoms. The first-order valence-corrected chi connectivity index (χ1v) is 6.96. The van der Waals surface area contributed by atoms with E-state index in [0.29, 0.717) is 44.0 Å². The van der Waals surface area contributed by atoms with Gasteiger partial charge in [-0.1, -0.05) is 6.92 Å². The number of aryl methyl sites for hydroxylation is 1. The molecule has 0 spiro atoms. The third kappa shape index (κ3) is 2.58. The highest BCUT2D eigenvalue weighted by Gasteiger charge is 2.43. The Labute approximate surface area is 119 Å². The van der Waals surface area contributed by atoms with Gasteiger partial charge in [-0.3, -0.25) is 9.48 Å². The zero-order valence-electron chi connectivity index (χ0n) is 12.3. The lowest BCUT2D eigenvalue weighted by Crippen LogP contribution is -2.46. The molecule has 0 aromatic carbocycles. The van der Waals surface area contributed by atoms with Crippen molar-refractivity contribution >= 4 is 5.78 Å². The maximum atomic E-state index is 13.0. The quantitative estimate of drug-likeness (QED) is 0.743. The molecule has 1 fully saturated rings. The zero-order chi connectivity index (χ0) is 14.6. The average molecular weight is 282 g/mol. The van der Waals surface area contributed by atoms with Crippen molar-refractivity contribution in [1.82, 2.24) is 9.78 Å². The van der Waals surface area contributed by atoms with Gasteiger partial charge in [-0.05, 0) is 6.42 Å². The third-order valence-corrected chi connectivity index (χ3v) is 3.78. The number of methoxy groups -OCH3 is 2. The SMILES string of the molecule is CCCn1ncc(OC)c1C(=O)C1(OC)CCOCC1. The largest absolute Gasteiger partial charge is 0.493 e. The minimum absolute atomic E-state index is 0.0638. The van der Waals surface area contributed by atoms with Crippen LogP contribution in [0.4, 0.5) is 0 Å². The number of carbonyl (C=O) groups is 1. The van der Waals surface area contributed by atoms with E-state index in [1.165, 1.54) is 0 Å². The van der Waals surface area contributed by atoms with E-state index in [0.717, 1.165) is 6.42 Å². The molecule has 0 saturated carbocycles. The monoisotopic (exact) mass is 282 g/mol. The lowest BCUT2D eigenvalue weighted by molar-refractivity contribution is -0.0668. The number of nitrogens with zero attached hydrogens (tertiary/aromatic N) is 2. The van der Waals surface area contributed by atoms with Crippen LogP contribution in [0.1, 0.15) is 36.7 Å². The Morgan fingerprint density at radius 3 is 2.70 bits per heavy atom. The Balaban J connectivity index is 2.37. The number of hydrogen-bond acceptors (Lipinski definition) is 5. The van der Waals surface area contributed by atoms with Gasteiger partial charge in [-0.15, -0.1) is 0 Å². The summed E-state index contributed by atoms with van der Waals surface area (Å²) in [7, 11) is 3.13. The van der Waals surface area contributed by atoms with E-state index in [4.69, 9.17) is 14.2 Å². The van der Waals surface area contributed by atoms with Crippen molar-refractivity contribution in [3.8, 4) is 5.75 Å². The molecule has 0 atom stereocenters. The average Bonchev–Trinajstić information content (AvgIpc) is 2.90. The van der Waals surface area contributed by atoms with Gasteiger partial charge in [0.05, 0.1) is 13.3 Å². The molecule has 1 aliphatic heterocycles. The maximum Gasteiger partial charge on any atom is 0.216 e. The topological polar surface area (TPSA) is 62.6 Å². The zero-order valence-corrected chi connectivity index (χ0v) is 12.3. The summed E-state index contributed by atoms with van der Waals surface area (Å²) in [4.78, 5) is 13.0. The first-order valence-electron chi connectivity index (χ1n) is 6.96. The summed E-state index contributed by atoms with van der Waals surface area (Å²) in [6, 6.07) is 0. The molecule has 0 bridgehead atoms. The van der Waals surface area contributed by atoms with Gasteiger partial charge in [-0.2, -0.15) is 5.10 Å². The predicted molar refractivity (Wildman–Crippen MR) is 73.2 cm³/mol. The van der Waals surface area contributed by atoms with Crippen LogP contribution in [-0.2, 0) is 16.0 Å². The van der Waals surface area contributed by atoms with Gasteiger partial charge in [0.1, 0.15) is 11.3 Å². The second-order valence-corrected chi connectivity index (χ2v) is 4.92. The van der Waals surface area contributed by atoms with E-state index in [2.05, 4.69) is 5.10 Å². The summed E-state index contributed by atoms with van der Waals surface area (Å²) in [5, 5.41) is 4.24. The van der Waals surface area contributed by atoms with E-state index < -0.39 is 5.60 Å². The van der Waals surface area contributed by atoms with Crippen molar-refractivity contribution in [3.05, 3.63) is 11.9 Å². The maximum absolute atomic E-state index is 13.0. The van der Waals surface area contributed by atoms with Crippen LogP contribution < -0.4 is 4.74 Å². The van der Waals surface area contributed by atoms with Crippen LogP contribution in [0.3, 0.4) is 0 Å². The van der Waals surface area contributed by atoms with Crippen LogP contribution in [0, 0.1) is 0 Å². The smallest absolute Gasteiger partial charge is 0.216 e. The van der Waals surface area contributed by atoms with E-state index >= 15 is 0 Å². The second-order valence-electron chi connectivity index (χ2n) is 4.92. The molecule has 0 N–H and O–H groups in total. The van der Waals surface area contributed by atoms with Gasteiger partial charge in [0.25, 0.3) is 0 Å². The number of aromatic nitrogens is 2. The normalized spacial score (nSPS) is 17.9. The Morgan fingerprint density at radius 2 is 2.15 bits per heavy atom. The summed E-state index contributed by atoms with van der Waals surface area (Å²) in [5.74, 6) is 0.442. The van der Waals surface area contributed by atoms with Gasteiger partial charge < -0.3 is 14.2 Å². The number of ether oxygens (including phenoxy) is 3. The number of ketones is 1. The molecule has 6 nitrogen and oxygen atoms in total. The summed E-state index contributed by atoms with van der Waals surface area (Å²) in [5.41, 5.74) is -0.324. The van der Waals surface area contributed by atoms with Gasteiger partial charge in [0.15, 0.2) is 5.75 Å². The van der Waals surface area contributed by atoms with Crippen molar-refractivity contribution < 1.29 is 19.0 Å². The van der Waals surface area contributed by atoms with Crippen molar-refractivity contribution in [2.75, 3.05) is 27.4 Å². The molecule has 0 amide bonds. The van der Waals surface area contributed by atoms with Crippen LogP contribution in [0.15, 0.2) is 6.20 Å². The highest BCUT2D eigenvalue weighted by atomic mass is 16.5. The molecule has 0 unspecified atom stereocenters. The van der Waals surface area contributed by atoms with E-state index in [1.54, 1.807) is 25.1 Å². The summed E-state index contributed by atoms with van der Waals surface area (Å²) >= 11 is 0. The minimum atomic E-state index is -0.822. The Bertz CT molecular complexity index is 464.